The fourth-order valence-corrected chi connectivity index (χ4v) is 14.6. The van der Waals surface area contributed by atoms with Gasteiger partial charge < -0.3 is 18.3 Å². The molecule has 3 aromatic rings. The molecule has 0 unspecified atom stereocenters. The quantitative estimate of drug-likeness (QED) is 0.0796. The number of hydrogen-bond donors (Lipinski definition) is 0. The van der Waals surface area contributed by atoms with Crippen molar-refractivity contribution in [3.05, 3.63) is 108 Å². The van der Waals surface area contributed by atoms with E-state index in [9.17, 15) is 4.79 Å². The van der Waals surface area contributed by atoms with Gasteiger partial charge in [0.15, 0.2) is 19.5 Å². The summed E-state index contributed by atoms with van der Waals surface area (Å²) in [5.41, 5.74) is -1.32. The van der Waals surface area contributed by atoms with Crippen LogP contribution in [-0.2, 0) is 34.3 Å². The lowest BCUT2D eigenvalue weighted by atomic mass is 9.59. The molecule has 1 spiro atoms. The molecular formula is C46H63NO6Si2. The summed E-state index contributed by atoms with van der Waals surface area (Å²) in [5.74, 6) is -0.634. The van der Waals surface area contributed by atoms with Crippen LogP contribution in [0, 0.1) is 11.3 Å². The molecule has 55 heavy (non-hydrogen) atoms. The van der Waals surface area contributed by atoms with Gasteiger partial charge >= 0.3 is 5.97 Å². The first-order chi connectivity index (χ1) is 25.8. The van der Waals surface area contributed by atoms with Crippen molar-refractivity contribution in [2.75, 3.05) is 26.6 Å². The van der Waals surface area contributed by atoms with E-state index in [0.717, 1.165) is 17.6 Å². The van der Waals surface area contributed by atoms with Crippen molar-refractivity contribution < 1.29 is 27.9 Å². The van der Waals surface area contributed by atoms with Crippen LogP contribution in [0.4, 0.5) is 0 Å². The minimum atomic E-state index is -2.85. The summed E-state index contributed by atoms with van der Waals surface area (Å²) in [7, 11) is -4.85. The van der Waals surface area contributed by atoms with E-state index < -0.39 is 33.2 Å². The number of hydrogen-bond acceptors (Lipinski definition) is 6. The van der Waals surface area contributed by atoms with Crippen molar-refractivity contribution in [1.29, 1.82) is 0 Å². The van der Waals surface area contributed by atoms with Crippen LogP contribution >= 0.6 is 0 Å². The van der Waals surface area contributed by atoms with Crippen LogP contribution in [0.5, 0.6) is 0 Å². The van der Waals surface area contributed by atoms with Gasteiger partial charge in [-0.05, 0) is 63.4 Å². The molecule has 7 nitrogen and oxygen atoms in total. The molecule has 2 heterocycles. The summed E-state index contributed by atoms with van der Waals surface area (Å²) in [6.07, 6.45) is 4.28. The molecule has 296 valence electrons. The third-order valence-electron chi connectivity index (χ3n) is 13.3. The lowest BCUT2D eigenvalue weighted by Gasteiger charge is -2.56. The zero-order valence-electron chi connectivity index (χ0n) is 34.9. The van der Waals surface area contributed by atoms with Gasteiger partial charge in [-0.3, -0.25) is 9.69 Å². The topological polar surface area (TPSA) is 74.3 Å². The van der Waals surface area contributed by atoms with E-state index in [4.69, 9.17) is 18.3 Å². The fourth-order valence-electron chi connectivity index (χ4n) is 8.94. The zero-order chi connectivity index (χ0) is 39.9. The second kappa shape index (κ2) is 15.2. The van der Waals surface area contributed by atoms with Gasteiger partial charge in [-0.15, -0.1) is 0 Å². The molecular weight excluding hydrogens is 719 g/mol. The molecule has 0 N–H and O–H groups in total. The second-order valence-corrected chi connectivity index (χ2v) is 28.1. The highest BCUT2D eigenvalue weighted by Crippen LogP contribution is 2.55. The number of carbonyl (C=O) groups excluding carboxylic acids is 2. The van der Waals surface area contributed by atoms with Gasteiger partial charge in [-0.2, -0.15) is 0 Å². The third kappa shape index (κ3) is 7.36. The molecule has 0 saturated carbocycles. The SMILES string of the molecule is C[C@@H]1C[C@@]2(OC(=O)[C@@]3(Cc4ccccc4)COCN3C2=O)[C@@](C)(CCCO[Si](C)(C)C(C)(C)C)C=C1CO[Si](c1ccccc1)(c1ccccc1)C(C)(C)C. The summed E-state index contributed by atoms with van der Waals surface area (Å²) < 4.78 is 26.8. The number of ether oxygens (including phenoxy) is 2. The van der Waals surface area contributed by atoms with Crippen molar-refractivity contribution in [2.45, 2.75) is 115 Å². The van der Waals surface area contributed by atoms with Gasteiger partial charge in [0.25, 0.3) is 14.2 Å². The Morgan fingerprint density at radius 2 is 1.38 bits per heavy atom. The first kappa shape index (κ1) is 41.3. The normalized spacial score (nSPS) is 26.2. The molecule has 0 radical (unpaired) electrons. The predicted octanol–water partition coefficient (Wildman–Crippen LogP) is 8.43. The van der Waals surface area contributed by atoms with E-state index in [1.807, 2.05) is 30.3 Å². The van der Waals surface area contributed by atoms with Crippen molar-refractivity contribution in [3.8, 4) is 0 Å². The Bertz CT molecular complexity index is 1810. The predicted molar refractivity (Wildman–Crippen MR) is 225 cm³/mol. The van der Waals surface area contributed by atoms with E-state index in [2.05, 4.69) is 135 Å². The number of esters is 1. The molecule has 4 atom stereocenters. The number of nitrogens with zero attached hydrogens (tertiary/aromatic N) is 1. The first-order valence-corrected chi connectivity index (χ1v) is 24.9. The smallest absolute Gasteiger partial charge is 0.336 e. The average Bonchev–Trinajstić information content (AvgIpc) is 3.57. The Morgan fingerprint density at radius 1 is 0.818 bits per heavy atom. The van der Waals surface area contributed by atoms with E-state index in [-0.39, 0.29) is 41.2 Å². The molecule has 1 aliphatic carbocycles. The average molecular weight is 782 g/mol. The maximum absolute atomic E-state index is 15.2. The van der Waals surface area contributed by atoms with E-state index in [1.165, 1.54) is 10.4 Å². The number of morpholine rings is 1. The molecule has 3 aliphatic rings. The van der Waals surface area contributed by atoms with E-state index in [0.29, 0.717) is 32.5 Å². The van der Waals surface area contributed by atoms with Gasteiger partial charge in [-0.25, -0.2) is 4.79 Å². The van der Waals surface area contributed by atoms with Crippen LogP contribution in [0.25, 0.3) is 0 Å². The van der Waals surface area contributed by atoms with Crippen LogP contribution in [0.15, 0.2) is 103 Å². The van der Waals surface area contributed by atoms with Gasteiger partial charge in [0, 0.05) is 24.9 Å². The monoisotopic (exact) mass is 781 g/mol. The molecule has 0 aromatic heterocycles. The highest BCUT2D eigenvalue weighted by atomic mass is 28.4. The summed E-state index contributed by atoms with van der Waals surface area (Å²) in [4.78, 5) is 31.5. The van der Waals surface area contributed by atoms with Crippen LogP contribution in [0.3, 0.4) is 0 Å². The van der Waals surface area contributed by atoms with E-state index in [1.54, 1.807) is 4.90 Å². The summed E-state index contributed by atoms with van der Waals surface area (Å²) >= 11 is 0. The molecule has 3 aromatic carbocycles. The third-order valence-corrected chi connectivity index (χ3v) is 22.8. The number of rotatable bonds is 12. The Labute approximate surface area is 332 Å². The second-order valence-electron chi connectivity index (χ2n) is 19.0. The van der Waals surface area contributed by atoms with Gasteiger partial charge in [0.1, 0.15) is 6.73 Å². The summed E-state index contributed by atoms with van der Waals surface area (Å²) in [6.45, 7) is 23.6. The van der Waals surface area contributed by atoms with Crippen LogP contribution in [0.2, 0.25) is 23.2 Å². The number of fused-ring (bicyclic) bond motifs is 1. The van der Waals surface area contributed by atoms with Crippen LogP contribution in [0.1, 0.15) is 80.2 Å². The van der Waals surface area contributed by atoms with Crippen LogP contribution < -0.4 is 10.4 Å². The molecule has 6 rings (SSSR count). The molecule has 1 amide bonds. The number of carbonyl (C=O) groups is 2. The molecule has 2 fully saturated rings. The number of amides is 1. The lowest BCUT2D eigenvalue weighted by molar-refractivity contribution is -0.217. The Hall–Kier alpha value is -3.35. The van der Waals surface area contributed by atoms with Crippen molar-refractivity contribution in [1.82, 2.24) is 4.90 Å². The molecule has 2 aliphatic heterocycles. The van der Waals surface area contributed by atoms with Crippen molar-refractivity contribution in [2.24, 2.45) is 11.3 Å². The minimum Gasteiger partial charge on any atom is -0.446 e. The standard InChI is InChI=1S/C46H63NO6Si2/c1-35-29-46(40(48)47-34-50-33-45(47,41(49)53-46)30-36-21-14-11-15-22-36)44(8,27-20-28-51-54(9,10)42(2,3)4)31-37(35)32-52-55(43(5,6)7,38-23-16-12-17-24-38)39-25-18-13-19-26-39/h11-19,21-26,31,35H,20,27-30,32-34H2,1-10H3/t35-,44+,45-,46+/m1/s1. The van der Waals surface area contributed by atoms with Gasteiger partial charge in [0.2, 0.25) is 0 Å². The lowest BCUT2D eigenvalue weighted by Crippen LogP contribution is -2.73. The van der Waals surface area contributed by atoms with E-state index >= 15 is 4.79 Å². The maximum atomic E-state index is 15.2. The number of benzene rings is 3. The highest BCUT2D eigenvalue weighted by molar-refractivity contribution is 6.99. The molecule has 0 bridgehead atoms. The Kier molecular flexibility index (Phi) is 11.4. The van der Waals surface area contributed by atoms with Crippen molar-refractivity contribution >= 4 is 38.9 Å². The van der Waals surface area contributed by atoms with Crippen molar-refractivity contribution in [3.63, 3.8) is 0 Å². The Morgan fingerprint density at radius 3 is 1.93 bits per heavy atom. The fraction of sp³-hybridized carbons (Fsp3) is 0.522. The summed E-state index contributed by atoms with van der Waals surface area (Å²) in [5, 5.41) is 2.34. The Balaban J connectivity index is 1.39. The largest absolute Gasteiger partial charge is 0.446 e. The summed E-state index contributed by atoms with van der Waals surface area (Å²) in [6, 6.07) is 31.2. The molecule has 9 heteroatoms. The zero-order valence-corrected chi connectivity index (χ0v) is 36.9. The first-order valence-electron chi connectivity index (χ1n) is 20.1. The van der Waals surface area contributed by atoms with Gasteiger partial charge in [-0.1, -0.05) is 152 Å². The molecule has 2 saturated heterocycles. The highest BCUT2D eigenvalue weighted by Gasteiger charge is 2.69. The minimum absolute atomic E-state index is 0.0645. The maximum Gasteiger partial charge on any atom is 0.336 e. The van der Waals surface area contributed by atoms with Crippen LogP contribution in [-0.4, -0.2) is 71.1 Å². The van der Waals surface area contributed by atoms with Gasteiger partial charge in [0.05, 0.1) is 13.2 Å².